The highest BCUT2D eigenvalue weighted by Gasteiger charge is 2.30. The highest BCUT2D eigenvalue weighted by atomic mass is 32.1. The van der Waals surface area contributed by atoms with Crippen molar-refractivity contribution in [3.8, 4) is 10.6 Å². The molecule has 1 nitrogen and oxygen atoms in total. The monoisotopic (exact) mass is 333 g/mol. The summed E-state index contributed by atoms with van der Waals surface area (Å²) in [4.78, 5) is 4.47. The van der Waals surface area contributed by atoms with Gasteiger partial charge in [-0.2, -0.15) is 13.2 Å². The zero-order valence-electron chi connectivity index (χ0n) is 12.4. The Kier molecular flexibility index (Phi) is 4.22. The van der Waals surface area contributed by atoms with E-state index >= 15 is 0 Å². The van der Waals surface area contributed by atoms with E-state index in [0.29, 0.717) is 17.0 Å². The second kappa shape index (κ2) is 6.16. The first-order valence-corrected chi connectivity index (χ1v) is 7.97. The Morgan fingerprint density at radius 2 is 1.78 bits per heavy atom. The lowest BCUT2D eigenvalue weighted by atomic mass is 10.1. The molecule has 5 heteroatoms. The van der Waals surface area contributed by atoms with E-state index in [2.05, 4.69) is 4.98 Å². The standard InChI is InChI=1S/C18H14F3NS/c1-12-5-7-13(8-6-12)9-16-11-23-17(22-16)14-3-2-4-15(10-14)18(19,20)21/h2-8,10-11H,9H2,1H3. The molecule has 3 rings (SSSR count). The van der Waals surface area contributed by atoms with Gasteiger partial charge in [0.1, 0.15) is 5.01 Å². The number of halogens is 3. The first-order valence-electron chi connectivity index (χ1n) is 7.09. The fourth-order valence-corrected chi connectivity index (χ4v) is 3.08. The Morgan fingerprint density at radius 3 is 2.48 bits per heavy atom. The summed E-state index contributed by atoms with van der Waals surface area (Å²) in [6.07, 6.45) is -3.66. The maximum atomic E-state index is 12.8. The van der Waals surface area contributed by atoms with Crippen molar-refractivity contribution in [1.82, 2.24) is 4.98 Å². The van der Waals surface area contributed by atoms with Crippen LogP contribution in [-0.2, 0) is 12.6 Å². The van der Waals surface area contributed by atoms with Crippen LogP contribution >= 0.6 is 11.3 Å². The normalized spacial score (nSPS) is 11.7. The molecular formula is C18H14F3NS. The van der Waals surface area contributed by atoms with Gasteiger partial charge in [-0.05, 0) is 24.6 Å². The highest BCUT2D eigenvalue weighted by Crippen LogP contribution is 2.33. The molecule has 1 heterocycles. The number of thiazole rings is 1. The number of aromatic nitrogens is 1. The summed E-state index contributed by atoms with van der Waals surface area (Å²) in [5.74, 6) is 0. The molecule has 0 saturated carbocycles. The molecule has 0 saturated heterocycles. The first-order chi connectivity index (χ1) is 10.9. The summed E-state index contributed by atoms with van der Waals surface area (Å²) >= 11 is 1.37. The van der Waals surface area contributed by atoms with Gasteiger partial charge in [0.25, 0.3) is 0 Å². The Hall–Kier alpha value is -2.14. The molecule has 0 aliphatic carbocycles. The summed E-state index contributed by atoms with van der Waals surface area (Å²) in [6.45, 7) is 2.03. The van der Waals surface area contributed by atoms with Gasteiger partial charge in [0.05, 0.1) is 11.3 Å². The van der Waals surface area contributed by atoms with Gasteiger partial charge >= 0.3 is 6.18 Å². The summed E-state index contributed by atoms with van der Waals surface area (Å²) in [5.41, 5.74) is 3.05. The van der Waals surface area contributed by atoms with E-state index in [9.17, 15) is 13.2 Å². The maximum Gasteiger partial charge on any atom is 0.416 e. The highest BCUT2D eigenvalue weighted by molar-refractivity contribution is 7.13. The quantitative estimate of drug-likeness (QED) is 0.596. The van der Waals surface area contributed by atoms with E-state index in [1.54, 1.807) is 6.07 Å². The van der Waals surface area contributed by atoms with Crippen LogP contribution in [0, 0.1) is 6.92 Å². The smallest absolute Gasteiger partial charge is 0.241 e. The van der Waals surface area contributed by atoms with E-state index < -0.39 is 11.7 Å². The molecule has 118 valence electrons. The second-order valence-electron chi connectivity index (χ2n) is 5.38. The fourth-order valence-electron chi connectivity index (χ4n) is 2.26. The van der Waals surface area contributed by atoms with Crippen molar-refractivity contribution >= 4 is 11.3 Å². The molecule has 0 N–H and O–H groups in total. The van der Waals surface area contributed by atoms with E-state index in [0.717, 1.165) is 23.4 Å². The third kappa shape index (κ3) is 3.79. The van der Waals surface area contributed by atoms with Crippen LogP contribution in [0.2, 0.25) is 0 Å². The van der Waals surface area contributed by atoms with Crippen molar-refractivity contribution in [2.24, 2.45) is 0 Å². The maximum absolute atomic E-state index is 12.8. The largest absolute Gasteiger partial charge is 0.416 e. The third-order valence-electron chi connectivity index (χ3n) is 3.49. The molecule has 23 heavy (non-hydrogen) atoms. The van der Waals surface area contributed by atoms with Crippen LogP contribution in [0.5, 0.6) is 0 Å². The molecule has 0 aliphatic rings. The van der Waals surface area contributed by atoms with Crippen LogP contribution in [-0.4, -0.2) is 4.98 Å². The van der Waals surface area contributed by atoms with Gasteiger partial charge in [0, 0.05) is 17.4 Å². The van der Waals surface area contributed by atoms with Gasteiger partial charge in [0.2, 0.25) is 0 Å². The lowest BCUT2D eigenvalue weighted by molar-refractivity contribution is -0.137. The molecular weight excluding hydrogens is 319 g/mol. The summed E-state index contributed by atoms with van der Waals surface area (Å²) in [5, 5.41) is 2.51. The minimum Gasteiger partial charge on any atom is -0.241 e. The van der Waals surface area contributed by atoms with Crippen LogP contribution < -0.4 is 0 Å². The van der Waals surface area contributed by atoms with E-state index in [1.165, 1.54) is 23.0 Å². The van der Waals surface area contributed by atoms with E-state index in [4.69, 9.17) is 0 Å². The lowest BCUT2D eigenvalue weighted by Crippen LogP contribution is -2.04. The molecule has 0 spiro atoms. The Labute approximate surface area is 136 Å². The SMILES string of the molecule is Cc1ccc(Cc2csc(-c3cccc(C(F)(F)F)c3)n2)cc1. The van der Waals surface area contributed by atoms with E-state index in [-0.39, 0.29) is 0 Å². The van der Waals surface area contributed by atoms with Gasteiger partial charge in [-0.1, -0.05) is 42.0 Å². The van der Waals surface area contributed by atoms with Crippen molar-refractivity contribution in [3.05, 3.63) is 76.3 Å². The van der Waals surface area contributed by atoms with Crippen LogP contribution in [0.15, 0.2) is 53.9 Å². The van der Waals surface area contributed by atoms with Crippen molar-refractivity contribution < 1.29 is 13.2 Å². The number of alkyl halides is 3. The summed E-state index contributed by atoms with van der Waals surface area (Å²) < 4.78 is 38.4. The molecule has 0 unspecified atom stereocenters. The summed E-state index contributed by atoms with van der Waals surface area (Å²) in [6, 6.07) is 13.4. The number of hydrogen-bond donors (Lipinski definition) is 0. The number of benzene rings is 2. The van der Waals surface area contributed by atoms with Crippen LogP contribution in [0.3, 0.4) is 0 Å². The predicted molar refractivity (Wildman–Crippen MR) is 86.5 cm³/mol. The Balaban J connectivity index is 1.83. The lowest BCUT2D eigenvalue weighted by Gasteiger charge is -2.07. The van der Waals surface area contributed by atoms with Crippen LogP contribution in [0.4, 0.5) is 13.2 Å². The number of aryl methyl sites for hydroxylation is 1. The van der Waals surface area contributed by atoms with Crippen LogP contribution in [0.1, 0.15) is 22.4 Å². The number of nitrogens with zero attached hydrogens (tertiary/aromatic N) is 1. The third-order valence-corrected chi connectivity index (χ3v) is 4.43. The van der Waals surface area contributed by atoms with Gasteiger partial charge in [-0.25, -0.2) is 4.98 Å². The Bertz CT molecular complexity index is 804. The van der Waals surface area contributed by atoms with E-state index in [1.807, 2.05) is 36.6 Å². The average molecular weight is 333 g/mol. The minimum atomic E-state index is -4.34. The summed E-state index contributed by atoms with van der Waals surface area (Å²) in [7, 11) is 0. The molecule has 0 amide bonds. The average Bonchev–Trinajstić information content (AvgIpc) is 2.97. The topological polar surface area (TPSA) is 12.9 Å². The zero-order valence-corrected chi connectivity index (χ0v) is 13.2. The van der Waals surface area contributed by atoms with Crippen molar-refractivity contribution in [2.45, 2.75) is 19.5 Å². The molecule has 0 atom stereocenters. The fraction of sp³-hybridized carbons (Fsp3) is 0.167. The molecule has 0 radical (unpaired) electrons. The molecule has 0 bridgehead atoms. The van der Waals surface area contributed by atoms with Gasteiger partial charge in [-0.3, -0.25) is 0 Å². The van der Waals surface area contributed by atoms with Crippen molar-refractivity contribution in [2.75, 3.05) is 0 Å². The van der Waals surface area contributed by atoms with Gasteiger partial charge in [0.15, 0.2) is 0 Å². The Morgan fingerprint density at radius 1 is 1.04 bits per heavy atom. The molecule has 2 aromatic carbocycles. The molecule has 3 aromatic rings. The molecule has 0 aliphatic heterocycles. The van der Waals surface area contributed by atoms with Crippen molar-refractivity contribution in [1.29, 1.82) is 0 Å². The minimum absolute atomic E-state index is 0.500. The zero-order chi connectivity index (χ0) is 16.4. The second-order valence-corrected chi connectivity index (χ2v) is 6.24. The molecule has 0 fully saturated rings. The van der Waals surface area contributed by atoms with Crippen molar-refractivity contribution in [3.63, 3.8) is 0 Å². The van der Waals surface area contributed by atoms with Crippen LogP contribution in [0.25, 0.3) is 10.6 Å². The van der Waals surface area contributed by atoms with Gasteiger partial charge < -0.3 is 0 Å². The first kappa shape index (κ1) is 15.7. The number of rotatable bonds is 3. The predicted octanol–water partition coefficient (Wildman–Crippen LogP) is 5.73. The number of hydrogen-bond acceptors (Lipinski definition) is 2. The molecule has 1 aromatic heterocycles. The van der Waals surface area contributed by atoms with Gasteiger partial charge in [-0.15, -0.1) is 11.3 Å².